The van der Waals surface area contributed by atoms with E-state index in [1.165, 1.54) is 13.0 Å². The molecule has 3 aromatic carbocycles. The van der Waals surface area contributed by atoms with Gasteiger partial charge < -0.3 is 15.4 Å². The van der Waals surface area contributed by atoms with Gasteiger partial charge in [-0.1, -0.05) is 28.1 Å². The van der Waals surface area contributed by atoms with Crippen LogP contribution in [0.2, 0.25) is 0 Å². The van der Waals surface area contributed by atoms with E-state index >= 15 is 0 Å². The smallest absolute Gasteiger partial charge is 0.308 e. The minimum absolute atomic E-state index is 0.231. The Hall–Kier alpha value is -3.45. The maximum atomic E-state index is 12.4. The van der Waals surface area contributed by atoms with E-state index in [2.05, 4.69) is 26.6 Å². The fraction of sp³-hybridized carbons (Fsp3) is 0.0455. The SMILES string of the molecule is CC(=O)Oc1cccc(C(=O)Nc2ccc(NC(=O)c3cccc(Br)c3)cc2)c1. The van der Waals surface area contributed by atoms with Crippen LogP contribution in [-0.2, 0) is 4.79 Å². The lowest BCUT2D eigenvalue weighted by Gasteiger charge is -2.09. The van der Waals surface area contributed by atoms with Crippen molar-refractivity contribution >= 4 is 45.1 Å². The van der Waals surface area contributed by atoms with Gasteiger partial charge in [-0.2, -0.15) is 0 Å². The van der Waals surface area contributed by atoms with Gasteiger partial charge in [-0.25, -0.2) is 0 Å². The van der Waals surface area contributed by atoms with E-state index in [0.717, 1.165) is 4.47 Å². The summed E-state index contributed by atoms with van der Waals surface area (Å²) in [6.07, 6.45) is 0. The Morgan fingerprint density at radius 3 is 1.79 bits per heavy atom. The number of carbonyl (C=O) groups excluding carboxylic acids is 3. The fourth-order valence-corrected chi connectivity index (χ4v) is 2.94. The topological polar surface area (TPSA) is 84.5 Å². The molecular weight excluding hydrogens is 436 g/mol. The summed E-state index contributed by atoms with van der Waals surface area (Å²) in [6, 6.07) is 20.2. The molecule has 0 radical (unpaired) electrons. The summed E-state index contributed by atoms with van der Waals surface area (Å²) in [4.78, 5) is 35.7. The number of ether oxygens (including phenoxy) is 1. The van der Waals surface area contributed by atoms with Gasteiger partial charge in [0.05, 0.1) is 0 Å². The van der Waals surface area contributed by atoms with Crippen molar-refractivity contribution in [1.82, 2.24) is 0 Å². The van der Waals surface area contributed by atoms with Crippen LogP contribution < -0.4 is 15.4 Å². The predicted molar refractivity (Wildman–Crippen MR) is 114 cm³/mol. The molecule has 6 nitrogen and oxygen atoms in total. The molecule has 0 aromatic heterocycles. The van der Waals surface area contributed by atoms with Crippen LogP contribution in [0.25, 0.3) is 0 Å². The fourth-order valence-electron chi connectivity index (χ4n) is 2.54. The molecule has 146 valence electrons. The lowest BCUT2D eigenvalue weighted by Crippen LogP contribution is -2.13. The molecule has 29 heavy (non-hydrogen) atoms. The molecule has 0 aliphatic rings. The van der Waals surface area contributed by atoms with E-state index in [9.17, 15) is 14.4 Å². The molecule has 0 saturated carbocycles. The van der Waals surface area contributed by atoms with Crippen molar-refractivity contribution in [3.63, 3.8) is 0 Å². The van der Waals surface area contributed by atoms with Crippen molar-refractivity contribution in [1.29, 1.82) is 0 Å². The highest BCUT2D eigenvalue weighted by Crippen LogP contribution is 2.19. The Labute approximate surface area is 176 Å². The van der Waals surface area contributed by atoms with Crippen molar-refractivity contribution < 1.29 is 19.1 Å². The Morgan fingerprint density at radius 1 is 0.759 bits per heavy atom. The largest absolute Gasteiger partial charge is 0.427 e. The number of rotatable bonds is 5. The third-order valence-electron chi connectivity index (χ3n) is 3.85. The highest BCUT2D eigenvalue weighted by atomic mass is 79.9. The van der Waals surface area contributed by atoms with Crippen molar-refractivity contribution in [3.8, 4) is 5.75 Å². The molecule has 2 amide bonds. The predicted octanol–water partition coefficient (Wildman–Crippen LogP) is 4.88. The van der Waals surface area contributed by atoms with E-state index in [1.54, 1.807) is 60.7 Å². The van der Waals surface area contributed by atoms with Gasteiger partial charge in [-0.05, 0) is 60.7 Å². The van der Waals surface area contributed by atoms with Gasteiger partial charge in [-0.3, -0.25) is 14.4 Å². The number of nitrogens with one attached hydrogen (secondary N) is 2. The van der Waals surface area contributed by atoms with Crippen LogP contribution in [0, 0.1) is 0 Å². The van der Waals surface area contributed by atoms with Crippen LogP contribution in [0.15, 0.2) is 77.3 Å². The highest BCUT2D eigenvalue weighted by Gasteiger charge is 2.10. The molecule has 7 heteroatoms. The lowest BCUT2D eigenvalue weighted by molar-refractivity contribution is -0.131. The van der Waals surface area contributed by atoms with E-state index in [0.29, 0.717) is 28.3 Å². The van der Waals surface area contributed by atoms with Crippen LogP contribution >= 0.6 is 15.9 Å². The molecular formula is C22H17BrN2O4. The molecule has 0 fully saturated rings. The van der Waals surface area contributed by atoms with Gasteiger partial charge >= 0.3 is 5.97 Å². The van der Waals surface area contributed by atoms with Crippen molar-refractivity contribution in [2.45, 2.75) is 6.92 Å². The summed E-state index contributed by atoms with van der Waals surface area (Å²) in [5.74, 6) is -0.728. The van der Waals surface area contributed by atoms with Gasteiger partial charge in [0, 0.05) is 33.9 Å². The van der Waals surface area contributed by atoms with E-state index in [1.807, 2.05) is 6.07 Å². The molecule has 0 aliphatic carbocycles. The monoisotopic (exact) mass is 452 g/mol. The van der Waals surface area contributed by atoms with Crippen LogP contribution in [0.3, 0.4) is 0 Å². The number of benzene rings is 3. The number of anilines is 2. The summed E-state index contributed by atoms with van der Waals surface area (Å²) >= 11 is 3.34. The van der Waals surface area contributed by atoms with Crippen LogP contribution in [0.4, 0.5) is 11.4 Å². The van der Waals surface area contributed by atoms with Gasteiger partial charge in [0.15, 0.2) is 0 Å². The van der Waals surface area contributed by atoms with Crippen LogP contribution in [-0.4, -0.2) is 17.8 Å². The number of halogens is 1. The molecule has 0 atom stereocenters. The number of amides is 2. The maximum absolute atomic E-state index is 12.4. The summed E-state index contributed by atoms with van der Waals surface area (Å²) in [7, 11) is 0. The third-order valence-corrected chi connectivity index (χ3v) is 4.34. The second kappa shape index (κ2) is 9.16. The molecule has 0 aliphatic heterocycles. The van der Waals surface area contributed by atoms with Gasteiger partial charge in [0.1, 0.15) is 5.75 Å². The summed E-state index contributed by atoms with van der Waals surface area (Å²) < 4.78 is 5.81. The third kappa shape index (κ3) is 5.76. The molecule has 0 saturated heterocycles. The number of hydrogen-bond donors (Lipinski definition) is 2. The summed E-state index contributed by atoms with van der Waals surface area (Å²) in [6.45, 7) is 1.30. The second-order valence-electron chi connectivity index (χ2n) is 6.12. The van der Waals surface area contributed by atoms with E-state index < -0.39 is 5.97 Å². The van der Waals surface area contributed by atoms with Gasteiger partial charge in [-0.15, -0.1) is 0 Å². The van der Waals surface area contributed by atoms with Crippen molar-refractivity contribution in [3.05, 3.63) is 88.4 Å². The normalized spacial score (nSPS) is 10.1. The molecule has 0 spiro atoms. The first-order valence-electron chi connectivity index (χ1n) is 8.67. The molecule has 0 bridgehead atoms. The average Bonchev–Trinajstić information content (AvgIpc) is 2.69. The molecule has 0 heterocycles. The Bertz CT molecular complexity index is 1060. The first-order chi connectivity index (χ1) is 13.9. The maximum Gasteiger partial charge on any atom is 0.308 e. The Kier molecular flexibility index (Phi) is 6.41. The standard InChI is InChI=1S/C22H17BrN2O4/c1-14(26)29-20-7-3-5-16(13-20)22(28)25-19-10-8-18(9-11-19)24-21(27)15-4-2-6-17(23)12-15/h2-13H,1H3,(H,24,27)(H,25,28). The van der Waals surface area contributed by atoms with E-state index in [-0.39, 0.29) is 11.8 Å². The molecule has 0 unspecified atom stereocenters. The first kappa shape index (κ1) is 20.3. The summed E-state index contributed by atoms with van der Waals surface area (Å²) in [5.41, 5.74) is 2.05. The zero-order chi connectivity index (χ0) is 20.8. The number of esters is 1. The minimum atomic E-state index is -0.456. The van der Waals surface area contributed by atoms with Crippen molar-refractivity contribution in [2.75, 3.05) is 10.6 Å². The van der Waals surface area contributed by atoms with Crippen LogP contribution in [0.5, 0.6) is 5.75 Å². The first-order valence-corrected chi connectivity index (χ1v) is 9.47. The Balaban J connectivity index is 1.64. The van der Waals surface area contributed by atoms with Gasteiger partial charge in [0.2, 0.25) is 0 Å². The lowest BCUT2D eigenvalue weighted by atomic mass is 10.2. The molecule has 2 N–H and O–H groups in total. The zero-order valence-electron chi connectivity index (χ0n) is 15.4. The molecule has 3 aromatic rings. The van der Waals surface area contributed by atoms with E-state index in [4.69, 9.17) is 4.74 Å². The second-order valence-corrected chi connectivity index (χ2v) is 7.03. The average molecular weight is 453 g/mol. The minimum Gasteiger partial charge on any atom is -0.427 e. The zero-order valence-corrected chi connectivity index (χ0v) is 17.0. The Morgan fingerprint density at radius 2 is 1.28 bits per heavy atom. The van der Waals surface area contributed by atoms with Crippen LogP contribution in [0.1, 0.15) is 27.6 Å². The highest BCUT2D eigenvalue weighted by molar-refractivity contribution is 9.10. The van der Waals surface area contributed by atoms with Crippen molar-refractivity contribution in [2.24, 2.45) is 0 Å². The quantitative estimate of drug-likeness (QED) is 0.426. The molecule has 3 rings (SSSR count). The number of hydrogen-bond acceptors (Lipinski definition) is 4. The number of carbonyl (C=O) groups is 3. The van der Waals surface area contributed by atoms with Gasteiger partial charge in [0.25, 0.3) is 11.8 Å². The summed E-state index contributed by atoms with van der Waals surface area (Å²) in [5, 5.41) is 5.56.